The summed E-state index contributed by atoms with van der Waals surface area (Å²) in [7, 11) is -2.96. The van der Waals surface area contributed by atoms with E-state index in [1.807, 2.05) is 6.07 Å². The molecule has 6 heteroatoms. The maximum Gasteiger partial charge on any atom is 0.150 e. The number of nitrogens with zero attached hydrogens (tertiary/aromatic N) is 2. The molecule has 0 radical (unpaired) electrons. The quantitative estimate of drug-likeness (QED) is 0.887. The lowest BCUT2D eigenvalue weighted by molar-refractivity contribution is 0.308. The maximum atomic E-state index is 11.6. The topological polar surface area (TPSA) is 85.9 Å². The van der Waals surface area contributed by atoms with Crippen molar-refractivity contribution in [1.82, 2.24) is 10.2 Å². The van der Waals surface area contributed by atoms with E-state index >= 15 is 0 Å². The monoisotopic (exact) mass is 269 g/mol. The van der Waals surface area contributed by atoms with Crippen molar-refractivity contribution in [2.45, 2.75) is 37.0 Å². The average Bonchev–Trinajstić information content (AvgIpc) is 2.38. The largest absolute Gasteiger partial charge is 0.324 e. The van der Waals surface area contributed by atoms with E-state index in [-0.39, 0.29) is 17.2 Å². The third kappa shape index (κ3) is 3.05. The maximum absolute atomic E-state index is 11.6. The van der Waals surface area contributed by atoms with E-state index in [9.17, 15) is 8.42 Å². The smallest absolute Gasteiger partial charge is 0.150 e. The minimum atomic E-state index is -2.96. The van der Waals surface area contributed by atoms with Gasteiger partial charge in [0.2, 0.25) is 0 Å². The average molecular weight is 269 g/mol. The van der Waals surface area contributed by atoms with Crippen LogP contribution >= 0.6 is 0 Å². The molecule has 1 aliphatic rings. The Kier molecular flexibility index (Phi) is 3.97. The van der Waals surface area contributed by atoms with Gasteiger partial charge in [-0.2, -0.15) is 10.2 Å². The Balaban J connectivity index is 2.10. The minimum Gasteiger partial charge on any atom is -0.324 e. The molecule has 0 aliphatic heterocycles. The van der Waals surface area contributed by atoms with E-state index in [0.717, 1.165) is 24.8 Å². The fourth-order valence-corrected chi connectivity index (χ4v) is 3.86. The zero-order valence-corrected chi connectivity index (χ0v) is 11.3. The Morgan fingerprint density at radius 2 is 2.17 bits per heavy atom. The van der Waals surface area contributed by atoms with Crippen LogP contribution in [0.5, 0.6) is 0 Å². The Labute approximate surface area is 108 Å². The Hall–Kier alpha value is -1.01. The molecule has 18 heavy (non-hydrogen) atoms. The summed E-state index contributed by atoms with van der Waals surface area (Å²) in [6.07, 6.45) is 7.92. The van der Waals surface area contributed by atoms with Gasteiger partial charge in [-0.05, 0) is 36.8 Å². The molecule has 3 unspecified atom stereocenters. The fraction of sp³-hybridized carbons (Fsp3) is 0.667. The molecule has 2 N–H and O–H groups in total. The lowest BCUT2D eigenvalue weighted by atomic mass is 9.82. The Morgan fingerprint density at radius 1 is 1.39 bits per heavy atom. The third-order valence-electron chi connectivity index (χ3n) is 3.77. The zero-order chi connectivity index (χ0) is 13.2. The van der Waals surface area contributed by atoms with E-state index in [4.69, 9.17) is 5.73 Å². The van der Waals surface area contributed by atoms with Crippen LogP contribution in [0.1, 0.15) is 37.3 Å². The van der Waals surface area contributed by atoms with Crippen molar-refractivity contribution in [2.75, 3.05) is 6.26 Å². The molecule has 1 heterocycles. The van der Waals surface area contributed by atoms with Crippen LogP contribution in [0.2, 0.25) is 0 Å². The first-order chi connectivity index (χ1) is 8.48. The summed E-state index contributed by atoms with van der Waals surface area (Å²) < 4.78 is 23.3. The second kappa shape index (κ2) is 5.32. The highest BCUT2D eigenvalue weighted by Crippen LogP contribution is 2.35. The van der Waals surface area contributed by atoms with E-state index in [1.54, 1.807) is 12.4 Å². The molecule has 2 rings (SSSR count). The predicted octanol–water partition coefficient (Wildman–Crippen LogP) is 1.08. The van der Waals surface area contributed by atoms with Crippen LogP contribution in [-0.4, -0.2) is 30.1 Å². The lowest BCUT2D eigenvalue weighted by Crippen LogP contribution is -2.33. The lowest BCUT2D eigenvalue weighted by Gasteiger charge is -2.31. The van der Waals surface area contributed by atoms with Gasteiger partial charge in [-0.3, -0.25) is 0 Å². The van der Waals surface area contributed by atoms with Gasteiger partial charge in [0.05, 0.1) is 11.4 Å². The Morgan fingerprint density at radius 3 is 2.78 bits per heavy atom. The van der Waals surface area contributed by atoms with Crippen LogP contribution in [0.4, 0.5) is 0 Å². The number of sulfone groups is 1. The van der Waals surface area contributed by atoms with Crippen LogP contribution in [0.25, 0.3) is 0 Å². The van der Waals surface area contributed by atoms with Gasteiger partial charge in [-0.25, -0.2) is 8.42 Å². The number of rotatable bonds is 3. The third-order valence-corrected chi connectivity index (χ3v) is 5.41. The van der Waals surface area contributed by atoms with Crippen LogP contribution in [0.15, 0.2) is 18.5 Å². The fourth-order valence-electron chi connectivity index (χ4n) is 2.67. The Bertz CT molecular complexity index is 489. The van der Waals surface area contributed by atoms with Crippen LogP contribution in [0, 0.1) is 5.92 Å². The van der Waals surface area contributed by atoms with E-state index in [1.165, 1.54) is 6.26 Å². The molecule has 1 aliphatic carbocycles. The molecule has 1 aromatic rings. The van der Waals surface area contributed by atoms with Crippen LogP contribution in [0.3, 0.4) is 0 Å². The van der Waals surface area contributed by atoms with Crippen molar-refractivity contribution in [1.29, 1.82) is 0 Å². The summed E-state index contributed by atoms with van der Waals surface area (Å²) in [5.74, 6) is 0.211. The predicted molar refractivity (Wildman–Crippen MR) is 69.6 cm³/mol. The second-order valence-electron chi connectivity index (χ2n) is 5.08. The molecule has 0 amide bonds. The molecule has 1 fully saturated rings. The molecule has 5 nitrogen and oxygen atoms in total. The molecular weight excluding hydrogens is 250 g/mol. The van der Waals surface area contributed by atoms with Crippen LogP contribution in [-0.2, 0) is 9.84 Å². The van der Waals surface area contributed by atoms with Gasteiger partial charge in [0, 0.05) is 18.5 Å². The number of nitrogens with two attached hydrogens (primary N) is 1. The molecular formula is C12H19N3O2S. The summed E-state index contributed by atoms with van der Waals surface area (Å²) in [5, 5.41) is 7.31. The molecule has 0 saturated heterocycles. The molecule has 100 valence electrons. The number of hydrogen-bond acceptors (Lipinski definition) is 5. The molecule has 3 atom stereocenters. The van der Waals surface area contributed by atoms with Gasteiger partial charge in [0.25, 0.3) is 0 Å². The molecule has 0 bridgehead atoms. The van der Waals surface area contributed by atoms with Gasteiger partial charge in [0.1, 0.15) is 9.84 Å². The van der Waals surface area contributed by atoms with Gasteiger partial charge in [-0.1, -0.05) is 6.42 Å². The molecule has 1 saturated carbocycles. The summed E-state index contributed by atoms with van der Waals surface area (Å²) in [6, 6.07) is 1.70. The standard InChI is InChI=1S/C12H19N3O2S/c1-18(16,17)11-4-2-3-9(7-11)12(13)10-5-6-14-15-8-10/h5-6,8-9,11-12H,2-4,7,13H2,1H3. The number of aromatic nitrogens is 2. The SMILES string of the molecule is CS(=O)(=O)C1CCCC(C(N)c2ccnnc2)C1. The first kappa shape index (κ1) is 13.4. The van der Waals surface area contributed by atoms with E-state index < -0.39 is 9.84 Å². The van der Waals surface area contributed by atoms with E-state index in [2.05, 4.69) is 10.2 Å². The first-order valence-electron chi connectivity index (χ1n) is 6.19. The van der Waals surface area contributed by atoms with Crippen molar-refractivity contribution in [3.63, 3.8) is 0 Å². The van der Waals surface area contributed by atoms with Crippen molar-refractivity contribution in [2.24, 2.45) is 11.7 Å². The second-order valence-corrected chi connectivity index (χ2v) is 7.41. The van der Waals surface area contributed by atoms with Gasteiger partial charge in [-0.15, -0.1) is 0 Å². The zero-order valence-electron chi connectivity index (χ0n) is 10.5. The van der Waals surface area contributed by atoms with Crippen LogP contribution < -0.4 is 5.73 Å². The van der Waals surface area contributed by atoms with Crippen molar-refractivity contribution in [3.05, 3.63) is 24.0 Å². The van der Waals surface area contributed by atoms with Gasteiger partial charge in [0.15, 0.2) is 0 Å². The number of hydrogen-bond donors (Lipinski definition) is 1. The normalized spacial score (nSPS) is 26.8. The van der Waals surface area contributed by atoms with E-state index in [0.29, 0.717) is 6.42 Å². The van der Waals surface area contributed by atoms with Crippen molar-refractivity contribution < 1.29 is 8.42 Å². The summed E-state index contributed by atoms with van der Waals surface area (Å²) >= 11 is 0. The molecule has 0 spiro atoms. The summed E-state index contributed by atoms with van der Waals surface area (Å²) in [5.41, 5.74) is 7.15. The highest BCUT2D eigenvalue weighted by Gasteiger charge is 2.32. The highest BCUT2D eigenvalue weighted by atomic mass is 32.2. The highest BCUT2D eigenvalue weighted by molar-refractivity contribution is 7.91. The molecule has 1 aromatic heterocycles. The van der Waals surface area contributed by atoms with Gasteiger partial charge >= 0.3 is 0 Å². The van der Waals surface area contributed by atoms with Crippen molar-refractivity contribution >= 4 is 9.84 Å². The van der Waals surface area contributed by atoms with Crippen molar-refractivity contribution in [3.8, 4) is 0 Å². The minimum absolute atomic E-state index is 0.148. The first-order valence-corrected chi connectivity index (χ1v) is 8.15. The summed E-state index contributed by atoms with van der Waals surface area (Å²) in [6.45, 7) is 0. The molecule has 0 aromatic carbocycles. The summed E-state index contributed by atoms with van der Waals surface area (Å²) in [4.78, 5) is 0. The van der Waals surface area contributed by atoms with Gasteiger partial charge < -0.3 is 5.73 Å².